The Hall–Kier alpha value is -1.60. The van der Waals surface area contributed by atoms with E-state index in [0.717, 1.165) is 5.92 Å². The van der Waals surface area contributed by atoms with E-state index in [2.05, 4.69) is 48.5 Å². The summed E-state index contributed by atoms with van der Waals surface area (Å²) >= 11 is 0. The van der Waals surface area contributed by atoms with Gasteiger partial charge < -0.3 is 5.73 Å². The standard InChI is InChI=1S/C19H23N/c20-14-15-6-8-17(9-7-15)19-12-10-18(11-13-19)16-4-2-1-3-5-16/h6-13,16H,1-5,14,20H2. The molecule has 2 aromatic carbocycles. The molecule has 0 spiro atoms. The Labute approximate surface area is 121 Å². The second-order valence-electron chi connectivity index (χ2n) is 5.86. The molecule has 2 N–H and O–H groups in total. The summed E-state index contributed by atoms with van der Waals surface area (Å²) in [5.74, 6) is 0.789. The molecule has 0 amide bonds. The van der Waals surface area contributed by atoms with E-state index in [9.17, 15) is 0 Å². The molecule has 1 aliphatic rings. The quantitative estimate of drug-likeness (QED) is 0.842. The molecular weight excluding hydrogens is 242 g/mol. The summed E-state index contributed by atoms with van der Waals surface area (Å²) < 4.78 is 0. The van der Waals surface area contributed by atoms with Crippen molar-refractivity contribution in [3.63, 3.8) is 0 Å². The van der Waals surface area contributed by atoms with Crippen molar-refractivity contribution in [2.75, 3.05) is 0 Å². The van der Waals surface area contributed by atoms with Crippen LogP contribution in [0.3, 0.4) is 0 Å². The Morgan fingerprint density at radius 1 is 0.750 bits per heavy atom. The van der Waals surface area contributed by atoms with Crippen LogP contribution in [0.25, 0.3) is 11.1 Å². The van der Waals surface area contributed by atoms with E-state index in [1.807, 2.05) is 0 Å². The Morgan fingerprint density at radius 3 is 1.85 bits per heavy atom. The van der Waals surface area contributed by atoms with Gasteiger partial charge in [-0.1, -0.05) is 67.8 Å². The summed E-state index contributed by atoms with van der Waals surface area (Å²) in [6.07, 6.45) is 6.94. The zero-order valence-corrected chi connectivity index (χ0v) is 12.0. The van der Waals surface area contributed by atoms with Gasteiger partial charge in [-0.15, -0.1) is 0 Å². The van der Waals surface area contributed by atoms with Crippen LogP contribution in [0.1, 0.15) is 49.1 Å². The SMILES string of the molecule is NCc1ccc(-c2ccc(C3CCCCC3)cc2)cc1. The molecule has 1 nitrogen and oxygen atoms in total. The lowest BCUT2D eigenvalue weighted by molar-refractivity contribution is 0.443. The predicted octanol–water partition coefficient (Wildman–Crippen LogP) is 4.86. The van der Waals surface area contributed by atoms with E-state index in [4.69, 9.17) is 5.73 Å². The molecule has 3 rings (SSSR count). The lowest BCUT2D eigenvalue weighted by Gasteiger charge is -2.22. The van der Waals surface area contributed by atoms with Crippen LogP contribution in [0.2, 0.25) is 0 Å². The summed E-state index contributed by atoms with van der Waals surface area (Å²) in [7, 11) is 0. The van der Waals surface area contributed by atoms with E-state index in [0.29, 0.717) is 6.54 Å². The molecule has 104 valence electrons. The van der Waals surface area contributed by atoms with E-state index < -0.39 is 0 Å². The Kier molecular flexibility index (Phi) is 4.17. The van der Waals surface area contributed by atoms with Gasteiger partial charge in [-0.25, -0.2) is 0 Å². The topological polar surface area (TPSA) is 26.0 Å². The molecule has 2 aromatic rings. The van der Waals surface area contributed by atoms with Crippen molar-refractivity contribution in [3.8, 4) is 11.1 Å². The summed E-state index contributed by atoms with van der Waals surface area (Å²) in [6, 6.07) is 17.7. The molecule has 0 aliphatic heterocycles. The summed E-state index contributed by atoms with van der Waals surface area (Å²) in [4.78, 5) is 0. The first-order valence-electron chi connectivity index (χ1n) is 7.76. The van der Waals surface area contributed by atoms with Gasteiger partial charge in [0.1, 0.15) is 0 Å². The largest absolute Gasteiger partial charge is 0.326 e. The van der Waals surface area contributed by atoms with Crippen molar-refractivity contribution in [1.29, 1.82) is 0 Å². The van der Waals surface area contributed by atoms with Crippen molar-refractivity contribution < 1.29 is 0 Å². The molecule has 20 heavy (non-hydrogen) atoms. The molecule has 0 heterocycles. The maximum absolute atomic E-state index is 5.64. The monoisotopic (exact) mass is 265 g/mol. The lowest BCUT2D eigenvalue weighted by atomic mass is 9.84. The third-order valence-electron chi connectivity index (χ3n) is 4.51. The van der Waals surface area contributed by atoms with Gasteiger partial charge in [-0.2, -0.15) is 0 Å². The van der Waals surface area contributed by atoms with Crippen molar-refractivity contribution >= 4 is 0 Å². The molecule has 0 atom stereocenters. The summed E-state index contributed by atoms with van der Waals surface area (Å²) in [5, 5.41) is 0. The molecule has 0 saturated heterocycles. The zero-order chi connectivity index (χ0) is 13.8. The maximum Gasteiger partial charge on any atom is 0.0178 e. The van der Waals surface area contributed by atoms with Crippen LogP contribution in [0.4, 0.5) is 0 Å². The van der Waals surface area contributed by atoms with Gasteiger partial charge in [0.2, 0.25) is 0 Å². The molecule has 1 heteroatoms. The normalized spacial score (nSPS) is 16.2. The molecule has 0 aromatic heterocycles. The Bertz CT molecular complexity index is 533. The van der Waals surface area contributed by atoms with Crippen LogP contribution in [0, 0.1) is 0 Å². The second-order valence-corrected chi connectivity index (χ2v) is 5.86. The molecule has 1 saturated carbocycles. The summed E-state index contributed by atoms with van der Waals surface area (Å²) in [5.41, 5.74) is 10.9. The van der Waals surface area contributed by atoms with Crippen molar-refractivity contribution in [3.05, 3.63) is 59.7 Å². The third-order valence-corrected chi connectivity index (χ3v) is 4.51. The highest BCUT2D eigenvalue weighted by atomic mass is 14.5. The lowest BCUT2D eigenvalue weighted by Crippen LogP contribution is -2.04. The average molecular weight is 265 g/mol. The predicted molar refractivity (Wildman–Crippen MR) is 85.6 cm³/mol. The molecule has 1 aliphatic carbocycles. The Balaban J connectivity index is 1.77. The molecule has 0 bridgehead atoms. The van der Waals surface area contributed by atoms with Crippen LogP contribution in [-0.4, -0.2) is 0 Å². The molecular formula is C19H23N. The van der Waals surface area contributed by atoms with Crippen molar-refractivity contribution in [1.82, 2.24) is 0 Å². The maximum atomic E-state index is 5.64. The van der Waals surface area contributed by atoms with Crippen LogP contribution >= 0.6 is 0 Å². The second kappa shape index (κ2) is 6.23. The van der Waals surface area contributed by atoms with Crippen LogP contribution < -0.4 is 5.73 Å². The number of nitrogens with two attached hydrogens (primary N) is 1. The van der Waals surface area contributed by atoms with Gasteiger partial charge in [0.05, 0.1) is 0 Å². The van der Waals surface area contributed by atoms with Gasteiger partial charge in [0.15, 0.2) is 0 Å². The number of hydrogen-bond donors (Lipinski definition) is 1. The van der Waals surface area contributed by atoms with Gasteiger partial charge in [0.25, 0.3) is 0 Å². The Morgan fingerprint density at radius 2 is 1.30 bits per heavy atom. The third kappa shape index (κ3) is 2.94. The molecule has 1 fully saturated rings. The van der Waals surface area contributed by atoms with Gasteiger partial charge in [-0.3, -0.25) is 0 Å². The summed E-state index contributed by atoms with van der Waals surface area (Å²) in [6.45, 7) is 0.612. The van der Waals surface area contributed by atoms with Gasteiger partial charge in [-0.05, 0) is 41.0 Å². The van der Waals surface area contributed by atoms with Crippen LogP contribution in [0.15, 0.2) is 48.5 Å². The zero-order valence-electron chi connectivity index (χ0n) is 12.0. The first-order chi connectivity index (χ1) is 9.86. The van der Waals surface area contributed by atoms with Crippen molar-refractivity contribution in [2.24, 2.45) is 5.73 Å². The minimum atomic E-state index is 0.612. The smallest absolute Gasteiger partial charge is 0.0178 e. The van der Waals surface area contributed by atoms with E-state index in [-0.39, 0.29) is 0 Å². The fourth-order valence-electron chi connectivity index (χ4n) is 3.22. The first kappa shape index (κ1) is 13.4. The highest BCUT2D eigenvalue weighted by molar-refractivity contribution is 5.64. The molecule has 0 radical (unpaired) electrons. The van der Waals surface area contributed by atoms with Crippen LogP contribution in [0.5, 0.6) is 0 Å². The van der Waals surface area contributed by atoms with E-state index in [1.54, 1.807) is 0 Å². The van der Waals surface area contributed by atoms with Crippen molar-refractivity contribution in [2.45, 2.75) is 44.6 Å². The fourth-order valence-corrected chi connectivity index (χ4v) is 3.22. The van der Waals surface area contributed by atoms with Gasteiger partial charge in [0, 0.05) is 6.54 Å². The highest BCUT2D eigenvalue weighted by Gasteiger charge is 2.15. The van der Waals surface area contributed by atoms with E-state index in [1.165, 1.54) is 54.4 Å². The minimum absolute atomic E-state index is 0.612. The molecule has 0 unspecified atom stereocenters. The average Bonchev–Trinajstić information content (AvgIpc) is 2.56. The first-order valence-corrected chi connectivity index (χ1v) is 7.76. The minimum Gasteiger partial charge on any atom is -0.326 e. The number of rotatable bonds is 3. The fraction of sp³-hybridized carbons (Fsp3) is 0.368. The number of benzene rings is 2. The van der Waals surface area contributed by atoms with Gasteiger partial charge >= 0.3 is 0 Å². The highest BCUT2D eigenvalue weighted by Crippen LogP contribution is 2.33. The van der Waals surface area contributed by atoms with E-state index >= 15 is 0 Å². The number of hydrogen-bond acceptors (Lipinski definition) is 1. The van der Waals surface area contributed by atoms with Crippen LogP contribution in [-0.2, 0) is 6.54 Å².